The molecule has 0 radical (unpaired) electrons. The van der Waals surface area contributed by atoms with E-state index < -0.39 is 0 Å². The molecule has 1 aromatic heterocycles. The number of carbonyl (C=O) groups is 1. The van der Waals surface area contributed by atoms with E-state index in [4.69, 9.17) is 4.74 Å². The number of aryl methyl sites for hydroxylation is 1. The Labute approximate surface area is 124 Å². The molecule has 2 fully saturated rings. The van der Waals surface area contributed by atoms with E-state index in [-0.39, 0.29) is 5.41 Å². The molecule has 4 nitrogen and oxygen atoms in total. The monoisotopic (exact) mass is 284 g/mol. The molecule has 0 spiro atoms. The summed E-state index contributed by atoms with van der Waals surface area (Å²) in [6, 6.07) is 8.29. The molecule has 1 saturated heterocycles. The molecular weight excluding hydrogens is 264 g/mol. The van der Waals surface area contributed by atoms with Crippen molar-refractivity contribution in [2.24, 2.45) is 0 Å². The van der Waals surface area contributed by atoms with Crippen molar-refractivity contribution in [3.05, 3.63) is 35.5 Å². The number of hydrogen-bond acceptors (Lipinski definition) is 2. The molecule has 21 heavy (non-hydrogen) atoms. The lowest BCUT2D eigenvalue weighted by atomic mass is 9.91. The normalized spacial score (nSPS) is 20.7. The van der Waals surface area contributed by atoms with Gasteiger partial charge < -0.3 is 14.6 Å². The summed E-state index contributed by atoms with van der Waals surface area (Å²) in [5.74, 6) is 0.290. The number of H-pyrrole nitrogens is 1. The summed E-state index contributed by atoms with van der Waals surface area (Å²) in [7, 11) is 0. The predicted octanol–water partition coefficient (Wildman–Crippen LogP) is 2.37. The van der Waals surface area contributed by atoms with Gasteiger partial charge in [0.05, 0.1) is 18.6 Å². The van der Waals surface area contributed by atoms with E-state index in [1.54, 1.807) is 0 Å². The van der Waals surface area contributed by atoms with Crippen molar-refractivity contribution in [3.63, 3.8) is 0 Å². The van der Waals surface area contributed by atoms with E-state index in [2.05, 4.69) is 30.1 Å². The number of benzene rings is 1. The molecule has 0 atom stereocenters. The second-order valence-corrected chi connectivity index (χ2v) is 6.16. The van der Waals surface area contributed by atoms with Crippen LogP contribution < -0.4 is 0 Å². The van der Waals surface area contributed by atoms with Crippen LogP contribution in [0.15, 0.2) is 24.3 Å². The Morgan fingerprint density at radius 1 is 1.24 bits per heavy atom. The quantitative estimate of drug-likeness (QED) is 0.920. The highest BCUT2D eigenvalue weighted by molar-refractivity contribution is 5.98. The standard InChI is InChI=1S/C17H20N2O2/c1-12-15(13-4-2-3-5-14(13)18-12)17(6-7-17)16(20)19-8-10-21-11-9-19/h2-5,18H,6-11H2,1H3. The minimum atomic E-state index is -0.291. The van der Waals surface area contributed by atoms with Gasteiger partial charge in [0.2, 0.25) is 5.91 Å². The van der Waals surface area contributed by atoms with Gasteiger partial charge in [0.25, 0.3) is 0 Å². The molecule has 1 aromatic carbocycles. The van der Waals surface area contributed by atoms with Crippen LogP contribution in [-0.4, -0.2) is 42.1 Å². The summed E-state index contributed by atoms with van der Waals surface area (Å²) in [6.07, 6.45) is 1.93. The van der Waals surface area contributed by atoms with Gasteiger partial charge in [-0.3, -0.25) is 4.79 Å². The third-order valence-electron chi connectivity index (χ3n) is 4.83. The number of nitrogens with zero attached hydrogens (tertiary/aromatic N) is 1. The predicted molar refractivity (Wildman–Crippen MR) is 81.3 cm³/mol. The van der Waals surface area contributed by atoms with E-state index in [1.165, 1.54) is 10.9 Å². The molecule has 2 heterocycles. The molecule has 4 heteroatoms. The molecule has 1 aliphatic carbocycles. The largest absolute Gasteiger partial charge is 0.378 e. The lowest BCUT2D eigenvalue weighted by Crippen LogP contribution is -2.45. The van der Waals surface area contributed by atoms with Gasteiger partial charge in [0.1, 0.15) is 0 Å². The van der Waals surface area contributed by atoms with Gasteiger partial charge in [-0.2, -0.15) is 0 Å². The highest BCUT2D eigenvalue weighted by Crippen LogP contribution is 2.53. The molecule has 2 aromatic rings. The highest BCUT2D eigenvalue weighted by Gasteiger charge is 2.55. The number of fused-ring (bicyclic) bond motifs is 1. The highest BCUT2D eigenvalue weighted by atomic mass is 16.5. The van der Waals surface area contributed by atoms with E-state index in [1.807, 2.05) is 11.0 Å². The van der Waals surface area contributed by atoms with Crippen LogP contribution in [0.1, 0.15) is 24.1 Å². The minimum absolute atomic E-state index is 0.290. The zero-order valence-corrected chi connectivity index (χ0v) is 12.3. The molecule has 0 unspecified atom stereocenters. The molecule has 1 aliphatic heterocycles. The number of nitrogens with one attached hydrogen (secondary N) is 1. The van der Waals surface area contributed by atoms with Crippen molar-refractivity contribution in [2.45, 2.75) is 25.2 Å². The first kappa shape index (κ1) is 12.9. The number of carbonyl (C=O) groups excluding carboxylic acids is 1. The van der Waals surface area contributed by atoms with E-state index in [0.29, 0.717) is 19.1 Å². The van der Waals surface area contributed by atoms with Gasteiger partial charge in [-0.15, -0.1) is 0 Å². The Morgan fingerprint density at radius 3 is 2.67 bits per heavy atom. The van der Waals surface area contributed by atoms with Gasteiger partial charge in [-0.25, -0.2) is 0 Å². The van der Waals surface area contributed by atoms with Crippen molar-refractivity contribution in [3.8, 4) is 0 Å². The Kier molecular flexibility index (Phi) is 2.82. The summed E-state index contributed by atoms with van der Waals surface area (Å²) in [6.45, 7) is 4.86. The van der Waals surface area contributed by atoms with Gasteiger partial charge >= 0.3 is 0 Å². The van der Waals surface area contributed by atoms with Crippen LogP contribution in [0.2, 0.25) is 0 Å². The number of amides is 1. The van der Waals surface area contributed by atoms with Gasteiger partial charge in [-0.05, 0) is 31.4 Å². The molecule has 1 N–H and O–H groups in total. The molecule has 1 saturated carbocycles. The fraction of sp³-hybridized carbons (Fsp3) is 0.471. The molecular formula is C17H20N2O2. The Hall–Kier alpha value is -1.81. The van der Waals surface area contributed by atoms with Gasteiger partial charge in [0, 0.05) is 29.7 Å². The van der Waals surface area contributed by atoms with Crippen LogP contribution >= 0.6 is 0 Å². The topological polar surface area (TPSA) is 45.3 Å². The van der Waals surface area contributed by atoms with Crippen LogP contribution in [-0.2, 0) is 14.9 Å². The minimum Gasteiger partial charge on any atom is -0.378 e. The summed E-state index contributed by atoms with van der Waals surface area (Å²) in [5.41, 5.74) is 3.19. The first-order valence-electron chi connectivity index (χ1n) is 7.67. The fourth-order valence-electron chi connectivity index (χ4n) is 3.66. The lowest BCUT2D eigenvalue weighted by molar-refractivity contribution is -0.138. The van der Waals surface area contributed by atoms with E-state index in [0.717, 1.165) is 37.1 Å². The number of rotatable bonds is 2. The lowest BCUT2D eigenvalue weighted by Gasteiger charge is -2.30. The number of para-hydroxylation sites is 1. The van der Waals surface area contributed by atoms with Crippen molar-refractivity contribution < 1.29 is 9.53 Å². The van der Waals surface area contributed by atoms with Crippen molar-refractivity contribution in [1.29, 1.82) is 0 Å². The SMILES string of the molecule is Cc1[nH]c2ccccc2c1C1(C(=O)N2CCOCC2)CC1. The van der Waals surface area contributed by atoms with Crippen molar-refractivity contribution >= 4 is 16.8 Å². The van der Waals surface area contributed by atoms with Crippen LogP contribution in [0.4, 0.5) is 0 Å². The Bertz CT molecular complexity index is 694. The van der Waals surface area contributed by atoms with Crippen molar-refractivity contribution in [2.75, 3.05) is 26.3 Å². The maximum Gasteiger partial charge on any atom is 0.233 e. The second kappa shape index (κ2) is 4.60. The Morgan fingerprint density at radius 2 is 1.95 bits per heavy atom. The fourth-order valence-corrected chi connectivity index (χ4v) is 3.66. The summed E-state index contributed by atoms with van der Waals surface area (Å²) >= 11 is 0. The van der Waals surface area contributed by atoms with Crippen LogP contribution in [0.25, 0.3) is 10.9 Å². The Balaban J connectivity index is 1.76. The number of morpholine rings is 1. The molecule has 1 amide bonds. The summed E-state index contributed by atoms with van der Waals surface area (Å²) in [4.78, 5) is 18.5. The van der Waals surface area contributed by atoms with Crippen LogP contribution in [0.5, 0.6) is 0 Å². The number of hydrogen-bond donors (Lipinski definition) is 1. The first-order valence-corrected chi connectivity index (χ1v) is 7.67. The molecule has 0 bridgehead atoms. The molecule has 2 aliphatic rings. The van der Waals surface area contributed by atoms with Gasteiger partial charge in [-0.1, -0.05) is 18.2 Å². The number of aromatic nitrogens is 1. The van der Waals surface area contributed by atoms with Crippen molar-refractivity contribution in [1.82, 2.24) is 9.88 Å². The maximum atomic E-state index is 13.0. The third-order valence-corrected chi connectivity index (χ3v) is 4.83. The second-order valence-electron chi connectivity index (χ2n) is 6.16. The smallest absolute Gasteiger partial charge is 0.233 e. The first-order chi connectivity index (χ1) is 10.2. The number of ether oxygens (including phenoxy) is 1. The van der Waals surface area contributed by atoms with Gasteiger partial charge in [0.15, 0.2) is 0 Å². The number of aromatic amines is 1. The summed E-state index contributed by atoms with van der Waals surface area (Å²) < 4.78 is 5.37. The maximum absolute atomic E-state index is 13.0. The molecule has 4 rings (SSSR count). The third kappa shape index (κ3) is 1.89. The zero-order valence-electron chi connectivity index (χ0n) is 12.3. The average Bonchev–Trinajstić information content (AvgIpc) is 3.24. The van der Waals surface area contributed by atoms with Crippen LogP contribution in [0.3, 0.4) is 0 Å². The molecule has 110 valence electrons. The summed E-state index contributed by atoms with van der Waals surface area (Å²) in [5, 5.41) is 1.20. The average molecular weight is 284 g/mol. The van der Waals surface area contributed by atoms with E-state index >= 15 is 0 Å². The van der Waals surface area contributed by atoms with E-state index in [9.17, 15) is 4.79 Å². The zero-order chi connectivity index (χ0) is 14.4. The van der Waals surface area contributed by atoms with Crippen LogP contribution in [0, 0.1) is 6.92 Å².